The summed E-state index contributed by atoms with van der Waals surface area (Å²) in [6.07, 6.45) is 3.44. The largest absolute Gasteiger partial charge is 0.454 e. The Kier molecular flexibility index (Phi) is 4.89. The van der Waals surface area contributed by atoms with E-state index in [4.69, 9.17) is 27.4 Å². The van der Waals surface area contributed by atoms with E-state index in [2.05, 4.69) is 5.32 Å². The lowest BCUT2D eigenvalue weighted by atomic mass is 10.1. The van der Waals surface area contributed by atoms with Gasteiger partial charge in [-0.1, -0.05) is 30.4 Å². The van der Waals surface area contributed by atoms with E-state index in [0.29, 0.717) is 17.2 Å². The molecule has 2 heterocycles. The highest BCUT2D eigenvalue weighted by Gasteiger charge is 2.15. The third-order valence-corrected chi connectivity index (χ3v) is 4.70. The van der Waals surface area contributed by atoms with Crippen molar-refractivity contribution in [1.29, 1.82) is 5.26 Å². The number of nitriles is 1. The van der Waals surface area contributed by atoms with Crippen molar-refractivity contribution in [3.8, 4) is 17.6 Å². The summed E-state index contributed by atoms with van der Waals surface area (Å²) >= 11 is 4.92. The molecule has 0 saturated carbocycles. The molecule has 0 aliphatic carbocycles. The summed E-state index contributed by atoms with van der Waals surface area (Å²) in [5.41, 5.74) is 8.06. The first-order chi connectivity index (χ1) is 14.0. The van der Waals surface area contributed by atoms with Crippen LogP contribution in [-0.4, -0.2) is 22.3 Å². The zero-order chi connectivity index (χ0) is 20.4. The number of carbonyl (C=O) groups excluding carboxylic acids is 1. The van der Waals surface area contributed by atoms with Crippen LogP contribution in [0.25, 0.3) is 17.0 Å². The highest BCUT2D eigenvalue weighted by atomic mass is 32.1. The molecule has 0 fully saturated rings. The average molecular weight is 404 g/mol. The van der Waals surface area contributed by atoms with Crippen LogP contribution in [0.2, 0.25) is 0 Å². The number of thiocarbonyl (C=S) groups is 1. The molecule has 1 aliphatic rings. The van der Waals surface area contributed by atoms with Gasteiger partial charge in [-0.25, -0.2) is 0 Å². The minimum Gasteiger partial charge on any atom is -0.454 e. The van der Waals surface area contributed by atoms with Crippen LogP contribution in [0.5, 0.6) is 11.5 Å². The Labute approximate surface area is 171 Å². The summed E-state index contributed by atoms with van der Waals surface area (Å²) in [6, 6.07) is 14.9. The van der Waals surface area contributed by atoms with Crippen molar-refractivity contribution in [2.24, 2.45) is 5.73 Å². The molecule has 0 radical (unpaired) electrons. The SMILES string of the molecule is N#CC(=Cc1cn(CC(=O)Nc2ccc3c(c2)OCO3)c2ccccc12)C(N)=S. The number of rotatable bonds is 5. The van der Waals surface area contributed by atoms with Crippen molar-refractivity contribution in [3.05, 3.63) is 59.8 Å². The first-order valence-electron chi connectivity index (χ1n) is 8.74. The van der Waals surface area contributed by atoms with E-state index < -0.39 is 0 Å². The van der Waals surface area contributed by atoms with Gasteiger partial charge in [-0.3, -0.25) is 4.79 Å². The molecule has 0 spiro atoms. The lowest BCUT2D eigenvalue weighted by Crippen LogP contribution is -2.18. The fraction of sp³-hybridized carbons (Fsp3) is 0.0952. The monoisotopic (exact) mass is 404 g/mol. The number of benzene rings is 2. The first kappa shape index (κ1) is 18.5. The minimum atomic E-state index is -0.199. The van der Waals surface area contributed by atoms with Crippen molar-refractivity contribution in [2.45, 2.75) is 6.54 Å². The summed E-state index contributed by atoms with van der Waals surface area (Å²) in [5.74, 6) is 1.06. The van der Waals surface area contributed by atoms with Crippen LogP contribution in [0, 0.1) is 11.3 Å². The van der Waals surface area contributed by atoms with Gasteiger partial charge in [0.1, 0.15) is 17.6 Å². The molecule has 1 amide bonds. The smallest absolute Gasteiger partial charge is 0.244 e. The highest BCUT2D eigenvalue weighted by molar-refractivity contribution is 7.80. The van der Waals surface area contributed by atoms with E-state index in [-0.39, 0.29) is 29.8 Å². The van der Waals surface area contributed by atoms with Gasteiger partial charge in [-0.15, -0.1) is 0 Å². The van der Waals surface area contributed by atoms with Crippen LogP contribution < -0.4 is 20.5 Å². The number of para-hydroxylation sites is 1. The van der Waals surface area contributed by atoms with E-state index in [0.717, 1.165) is 16.5 Å². The molecule has 3 N–H and O–H groups in total. The van der Waals surface area contributed by atoms with E-state index in [1.54, 1.807) is 30.5 Å². The van der Waals surface area contributed by atoms with Gasteiger partial charge in [0.05, 0.1) is 5.57 Å². The van der Waals surface area contributed by atoms with Crippen molar-refractivity contribution in [2.75, 3.05) is 12.1 Å². The molecular weight excluding hydrogens is 388 g/mol. The second kappa shape index (κ2) is 7.66. The van der Waals surface area contributed by atoms with Crippen molar-refractivity contribution in [1.82, 2.24) is 4.57 Å². The number of ether oxygens (including phenoxy) is 2. The van der Waals surface area contributed by atoms with Crippen LogP contribution in [-0.2, 0) is 11.3 Å². The fourth-order valence-corrected chi connectivity index (χ4v) is 3.27. The molecule has 0 saturated heterocycles. The molecule has 0 unspecified atom stereocenters. The predicted molar refractivity (Wildman–Crippen MR) is 114 cm³/mol. The zero-order valence-corrected chi connectivity index (χ0v) is 16.0. The van der Waals surface area contributed by atoms with Crippen molar-refractivity contribution in [3.63, 3.8) is 0 Å². The normalized spacial score (nSPS) is 12.6. The Bertz CT molecular complexity index is 1210. The third kappa shape index (κ3) is 3.77. The Morgan fingerprint density at radius 2 is 2.07 bits per heavy atom. The Morgan fingerprint density at radius 3 is 2.86 bits per heavy atom. The lowest BCUT2D eigenvalue weighted by molar-refractivity contribution is -0.116. The van der Waals surface area contributed by atoms with Gasteiger partial charge >= 0.3 is 0 Å². The van der Waals surface area contributed by atoms with Gasteiger partial charge in [-0.2, -0.15) is 5.26 Å². The van der Waals surface area contributed by atoms with E-state index >= 15 is 0 Å². The second-order valence-electron chi connectivity index (χ2n) is 6.38. The number of hydrogen-bond acceptors (Lipinski definition) is 5. The molecule has 29 heavy (non-hydrogen) atoms. The molecule has 2 aromatic carbocycles. The number of anilines is 1. The van der Waals surface area contributed by atoms with Crippen LogP contribution in [0.4, 0.5) is 5.69 Å². The van der Waals surface area contributed by atoms with Gasteiger partial charge < -0.3 is 25.1 Å². The van der Waals surface area contributed by atoms with Gasteiger partial charge in [0, 0.05) is 34.4 Å². The summed E-state index contributed by atoms with van der Waals surface area (Å²) in [4.78, 5) is 12.6. The van der Waals surface area contributed by atoms with Crippen LogP contribution in [0.3, 0.4) is 0 Å². The summed E-state index contributed by atoms with van der Waals surface area (Å²) in [5, 5.41) is 13.0. The predicted octanol–water partition coefficient (Wildman–Crippen LogP) is 3.20. The topological polar surface area (TPSA) is 102 Å². The summed E-state index contributed by atoms with van der Waals surface area (Å²) in [7, 11) is 0. The van der Waals surface area contributed by atoms with Gasteiger partial charge in [0.25, 0.3) is 0 Å². The van der Waals surface area contributed by atoms with E-state index in [1.807, 2.05) is 34.9 Å². The number of hydrogen-bond donors (Lipinski definition) is 2. The number of amides is 1. The molecule has 8 heteroatoms. The van der Waals surface area contributed by atoms with E-state index in [9.17, 15) is 10.1 Å². The summed E-state index contributed by atoms with van der Waals surface area (Å²) < 4.78 is 12.4. The molecule has 1 aromatic heterocycles. The maximum atomic E-state index is 12.6. The quantitative estimate of drug-likeness (QED) is 0.385. The summed E-state index contributed by atoms with van der Waals surface area (Å²) in [6.45, 7) is 0.271. The maximum absolute atomic E-state index is 12.6. The molecule has 144 valence electrons. The number of aromatic nitrogens is 1. The number of nitrogens with zero attached hydrogens (tertiary/aromatic N) is 2. The minimum absolute atomic E-state index is 0.0323. The number of nitrogens with two attached hydrogens (primary N) is 1. The molecule has 4 rings (SSSR count). The Hall–Kier alpha value is -3.83. The average Bonchev–Trinajstić information content (AvgIpc) is 3.30. The number of fused-ring (bicyclic) bond motifs is 2. The Balaban J connectivity index is 1.60. The van der Waals surface area contributed by atoms with E-state index in [1.165, 1.54) is 0 Å². The number of nitrogens with one attached hydrogen (secondary N) is 1. The lowest BCUT2D eigenvalue weighted by Gasteiger charge is -2.08. The zero-order valence-electron chi connectivity index (χ0n) is 15.2. The highest BCUT2D eigenvalue weighted by Crippen LogP contribution is 2.34. The molecule has 0 bridgehead atoms. The molecular formula is C21H16N4O3S. The maximum Gasteiger partial charge on any atom is 0.244 e. The van der Waals surface area contributed by atoms with Crippen molar-refractivity contribution >= 4 is 45.8 Å². The molecule has 7 nitrogen and oxygen atoms in total. The fourth-order valence-electron chi connectivity index (χ4n) is 3.16. The standard InChI is InChI=1S/C21H16N4O3S/c22-9-13(21(23)29)7-14-10-25(17-4-2-1-3-16(14)17)11-20(26)24-15-5-6-18-19(8-15)28-12-27-18/h1-8,10H,11-12H2,(H2,23,29)(H,24,26). The molecule has 1 aliphatic heterocycles. The van der Waals surface area contributed by atoms with Gasteiger partial charge in [0.2, 0.25) is 12.7 Å². The van der Waals surface area contributed by atoms with Crippen LogP contribution >= 0.6 is 12.2 Å². The second-order valence-corrected chi connectivity index (χ2v) is 6.82. The molecule has 3 aromatic rings. The van der Waals surface area contributed by atoms with Gasteiger partial charge in [-0.05, 0) is 24.3 Å². The van der Waals surface area contributed by atoms with Crippen LogP contribution in [0.1, 0.15) is 5.56 Å². The Morgan fingerprint density at radius 1 is 1.28 bits per heavy atom. The third-order valence-electron chi connectivity index (χ3n) is 4.48. The van der Waals surface area contributed by atoms with Gasteiger partial charge in [0.15, 0.2) is 11.5 Å². The molecule has 0 atom stereocenters. The van der Waals surface area contributed by atoms with Crippen LogP contribution in [0.15, 0.2) is 54.2 Å². The first-order valence-corrected chi connectivity index (χ1v) is 9.15. The van der Waals surface area contributed by atoms with Crippen molar-refractivity contribution < 1.29 is 14.3 Å². The number of carbonyl (C=O) groups is 1.